The maximum Gasteiger partial charge on any atom is 0.416 e. The van der Waals surface area contributed by atoms with Gasteiger partial charge in [0.2, 0.25) is 0 Å². The molecular formula is C13H9Cl2F3. The van der Waals surface area contributed by atoms with Crippen LogP contribution in [0.3, 0.4) is 0 Å². The van der Waals surface area contributed by atoms with Gasteiger partial charge in [-0.1, -0.05) is 53.5 Å². The first-order valence-corrected chi connectivity index (χ1v) is 5.68. The summed E-state index contributed by atoms with van der Waals surface area (Å²) in [7, 11) is 0. The Hall–Kier alpha value is -1.19. The second kappa shape index (κ2) is 6.66. The summed E-state index contributed by atoms with van der Waals surface area (Å²) >= 11 is 11.1. The smallest absolute Gasteiger partial charge is 0.166 e. The number of hydrogen-bond donors (Lipinski definition) is 0. The van der Waals surface area contributed by atoms with E-state index in [1.165, 1.54) is 12.1 Å². The molecule has 0 aromatic heterocycles. The summed E-state index contributed by atoms with van der Waals surface area (Å²) in [5.41, 5.74) is -0.602. The van der Waals surface area contributed by atoms with Crippen LogP contribution < -0.4 is 0 Å². The fraction of sp³-hybridized carbons (Fsp3) is 0.0769. The van der Waals surface area contributed by atoms with Crippen LogP contribution >= 0.6 is 23.2 Å². The molecule has 0 nitrogen and oxygen atoms in total. The van der Waals surface area contributed by atoms with Gasteiger partial charge in [-0.25, -0.2) is 0 Å². The highest BCUT2D eigenvalue weighted by atomic mass is 35.5. The molecule has 0 amide bonds. The molecule has 0 fully saturated rings. The molecule has 0 heterocycles. The Kier molecular flexibility index (Phi) is 5.51. The highest BCUT2D eigenvalue weighted by Gasteiger charge is 2.29. The Morgan fingerprint density at radius 3 is 1.33 bits per heavy atom. The van der Waals surface area contributed by atoms with Crippen molar-refractivity contribution >= 4 is 23.2 Å². The third-order valence-electron chi connectivity index (χ3n) is 1.90. The Morgan fingerprint density at radius 1 is 0.667 bits per heavy atom. The van der Waals surface area contributed by atoms with E-state index in [1.807, 2.05) is 0 Å². The van der Waals surface area contributed by atoms with Crippen molar-refractivity contribution in [1.82, 2.24) is 0 Å². The van der Waals surface area contributed by atoms with E-state index in [0.29, 0.717) is 0 Å². The van der Waals surface area contributed by atoms with Crippen LogP contribution in [0.2, 0.25) is 10.0 Å². The standard InChI is InChI=1S/C7H5F3.C6H4Cl2/c8-7(9,10)6-4-2-1-3-5-6;7-5-1-2-6(8)4-3-5/h1-5H;1-4H. The molecule has 5 heteroatoms. The first-order chi connectivity index (χ1) is 8.39. The molecule has 2 rings (SSSR count). The van der Waals surface area contributed by atoms with Crippen molar-refractivity contribution in [2.24, 2.45) is 0 Å². The lowest BCUT2D eigenvalue weighted by molar-refractivity contribution is -0.137. The minimum absolute atomic E-state index is 0.602. The fourth-order valence-electron chi connectivity index (χ4n) is 1.06. The van der Waals surface area contributed by atoms with Crippen LogP contribution in [0.5, 0.6) is 0 Å². The van der Waals surface area contributed by atoms with E-state index in [1.54, 1.807) is 30.3 Å². The van der Waals surface area contributed by atoms with Gasteiger partial charge >= 0.3 is 6.18 Å². The summed E-state index contributed by atoms with van der Waals surface area (Å²) in [4.78, 5) is 0. The van der Waals surface area contributed by atoms with Crippen LogP contribution in [0.1, 0.15) is 5.56 Å². The number of halogens is 5. The zero-order valence-corrected chi connectivity index (χ0v) is 10.6. The molecule has 2 aromatic carbocycles. The monoisotopic (exact) mass is 292 g/mol. The summed E-state index contributed by atoms with van der Waals surface area (Å²) in [6, 6.07) is 13.4. The molecule has 0 aliphatic rings. The number of rotatable bonds is 0. The summed E-state index contributed by atoms with van der Waals surface area (Å²) in [6.45, 7) is 0. The molecule has 0 aliphatic carbocycles. The Labute approximate surface area is 113 Å². The van der Waals surface area contributed by atoms with Gasteiger partial charge in [0, 0.05) is 10.0 Å². The maximum atomic E-state index is 11.8. The van der Waals surface area contributed by atoms with E-state index in [4.69, 9.17) is 23.2 Å². The zero-order valence-electron chi connectivity index (χ0n) is 9.09. The SMILES string of the molecule is Clc1ccc(Cl)cc1.FC(F)(F)c1ccccc1. The summed E-state index contributed by atoms with van der Waals surface area (Å²) in [5, 5.41) is 1.43. The number of hydrogen-bond acceptors (Lipinski definition) is 0. The molecule has 0 radical (unpaired) electrons. The normalized spacial score (nSPS) is 10.5. The van der Waals surface area contributed by atoms with E-state index in [0.717, 1.165) is 22.2 Å². The van der Waals surface area contributed by atoms with Crippen molar-refractivity contribution in [2.45, 2.75) is 6.18 Å². The van der Waals surface area contributed by atoms with E-state index >= 15 is 0 Å². The maximum absolute atomic E-state index is 11.8. The van der Waals surface area contributed by atoms with Crippen LogP contribution in [0, 0.1) is 0 Å². The summed E-state index contributed by atoms with van der Waals surface area (Å²) < 4.78 is 35.4. The van der Waals surface area contributed by atoms with E-state index in [9.17, 15) is 13.2 Å². The molecular weight excluding hydrogens is 284 g/mol. The molecule has 2 aromatic rings. The van der Waals surface area contributed by atoms with Gasteiger partial charge < -0.3 is 0 Å². The average Bonchev–Trinajstić information content (AvgIpc) is 2.34. The van der Waals surface area contributed by atoms with Crippen molar-refractivity contribution in [1.29, 1.82) is 0 Å². The van der Waals surface area contributed by atoms with Gasteiger partial charge in [-0.3, -0.25) is 0 Å². The lowest BCUT2D eigenvalue weighted by atomic mass is 10.2. The lowest BCUT2D eigenvalue weighted by Crippen LogP contribution is -2.03. The molecule has 0 unspecified atom stereocenters. The first-order valence-electron chi connectivity index (χ1n) is 4.93. The predicted molar refractivity (Wildman–Crippen MR) is 67.9 cm³/mol. The fourth-order valence-corrected chi connectivity index (χ4v) is 1.31. The Bertz CT molecular complexity index is 443. The Balaban J connectivity index is 0.000000184. The van der Waals surface area contributed by atoms with Crippen LogP contribution in [0.15, 0.2) is 54.6 Å². The molecule has 18 heavy (non-hydrogen) atoms. The van der Waals surface area contributed by atoms with Crippen molar-refractivity contribution < 1.29 is 13.2 Å². The largest absolute Gasteiger partial charge is 0.416 e. The first kappa shape index (κ1) is 14.9. The zero-order chi connectivity index (χ0) is 13.6. The quantitative estimate of drug-likeness (QED) is 0.584. The van der Waals surface area contributed by atoms with Crippen LogP contribution in [-0.4, -0.2) is 0 Å². The van der Waals surface area contributed by atoms with E-state index < -0.39 is 11.7 Å². The summed E-state index contributed by atoms with van der Waals surface area (Å²) in [6.07, 6.45) is -4.21. The van der Waals surface area contributed by atoms with Gasteiger partial charge in [0.25, 0.3) is 0 Å². The van der Waals surface area contributed by atoms with Gasteiger partial charge in [0.05, 0.1) is 5.56 Å². The molecule has 0 aliphatic heterocycles. The Morgan fingerprint density at radius 2 is 1.06 bits per heavy atom. The van der Waals surface area contributed by atoms with E-state index in [2.05, 4.69) is 0 Å². The van der Waals surface area contributed by atoms with Crippen LogP contribution in [-0.2, 0) is 6.18 Å². The highest BCUT2D eigenvalue weighted by molar-refractivity contribution is 6.32. The minimum Gasteiger partial charge on any atom is -0.166 e. The molecule has 0 saturated heterocycles. The second-order valence-electron chi connectivity index (χ2n) is 3.30. The summed E-state index contributed by atoms with van der Waals surface area (Å²) in [5.74, 6) is 0. The number of benzene rings is 2. The number of alkyl halides is 3. The van der Waals surface area contributed by atoms with Crippen molar-refractivity contribution in [3.05, 3.63) is 70.2 Å². The minimum atomic E-state index is -4.21. The predicted octanol–water partition coefficient (Wildman–Crippen LogP) is 5.70. The molecule has 0 bridgehead atoms. The van der Waals surface area contributed by atoms with Gasteiger partial charge in [-0.15, -0.1) is 0 Å². The average molecular weight is 293 g/mol. The third-order valence-corrected chi connectivity index (χ3v) is 2.41. The van der Waals surface area contributed by atoms with Gasteiger partial charge in [0.15, 0.2) is 0 Å². The van der Waals surface area contributed by atoms with Gasteiger partial charge in [-0.05, 0) is 24.3 Å². The van der Waals surface area contributed by atoms with Gasteiger partial charge in [0.1, 0.15) is 0 Å². The third kappa shape index (κ3) is 5.43. The van der Waals surface area contributed by atoms with Gasteiger partial charge in [-0.2, -0.15) is 13.2 Å². The van der Waals surface area contributed by atoms with Crippen molar-refractivity contribution in [2.75, 3.05) is 0 Å². The van der Waals surface area contributed by atoms with Crippen LogP contribution in [0.25, 0.3) is 0 Å². The molecule has 0 atom stereocenters. The molecule has 96 valence electrons. The molecule has 0 saturated carbocycles. The van der Waals surface area contributed by atoms with E-state index in [-0.39, 0.29) is 0 Å². The molecule has 0 N–H and O–H groups in total. The van der Waals surface area contributed by atoms with Crippen molar-refractivity contribution in [3.63, 3.8) is 0 Å². The highest BCUT2D eigenvalue weighted by Crippen LogP contribution is 2.28. The van der Waals surface area contributed by atoms with Crippen molar-refractivity contribution in [3.8, 4) is 0 Å². The molecule has 0 spiro atoms. The second-order valence-corrected chi connectivity index (χ2v) is 4.17. The lowest BCUT2D eigenvalue weighted by Gasteiger charge is -2.03. The van der Waals surface area contributed by atoms with Crippen LogP contribution in [0.4, 0.5) is 13.2 Å². The topological polar surface area (TPSA) is 0 Å².